The zero-order valence-electron chi connectivity index (χ0n) is 19.2. The van der Waals surface area contributed by atoms with Crippen LogP contribution in [-0.4, -0.2) is 61.5 Å². The van der Waals surface area contributed by atoms with Crippen molar-refractivity contribution < 1.29 is 19.1 Å². The van der Waals surface area contributed by atoms with Crippen molar-refractivity contribution in [2.24, 2.45) is 0 Å². The second kappa shape index (κ2) is 10.6. The van der Waals surface area contributed by atoms with Crippen LogP contribution in [0.5, 0.6) is 5.88 Å². The standard InChI is InChI=1S/C23H30N4O4S/c1-6-19-18(22(28)31-5)14-20(21(24-19)30-4)25-32-23(29)27-9-7-26(8-10-27)17-12-15(2)11-16(3)13-17/h11-14,25H,6-10H2,1-5H3. The third-order valence-electron chi connectivity index (χ3n) is 5.36. The zero-order chi connectivity index (χ0) is 23.3. The normalized spacial score (nSPS) is 13.7. The van der Waals surface area contributed by atoms with Crippen LogP contribution in [0.1, 0.15) is 34.1 Å². The first-order valence-electron chi connectivity index (χ1n) is 10.6. The van der Waals surface area contributed by atoms with Gasteiger partial charge in [-0.1, -0.05) is 13.0 Å². The van der Waals surface area contributed by atoms with Crippen molar-refractivity contribution in [3.05, 3.63) is 46.6 Å². The number of hydrogen-bond acceptors (Lipinski definition) is 8. The van der Waals surface area contributed by atoms with Gasteiger partial charge in [-0.3, -0.25) is 4.79 Å². The molecule has 0 aliphatic carbocycles. The van der Waals surface area contributed by atoms with E-state index >= 15 is 0 Å². The van der Waals surface area contributed by atoms with Crippen LogP contribution in [0, 0.1) is 13.8 Å². The third-order valence-corrected chi connectivity index (χ3v) is 6.11. The first-order chi connectivity index (χ1) is 15.4. The second-order valence-corrected chi connectivity index (χ2v) is 8.43. The van der Waals surface area contributed by atoms with E-state index in [0.717, 1.165) is 25.0 Å². The number of rotatable bonds is 6. The molecule has 0 atom stereocenters. The van der Waals surface area contributed by atoms with Gasteiger partial charge in [-0.05, 0) is 49.6 Å². The van der Waals surface area contributed by atoms with E-state index in [2.05, 4.69) is 46.7 Å². The number of hydrogen-bond donors (Lipinski definition) is 1. The minimum atomic E-state index is -0.473. The molecule has 32 heavy (non-hydrogen) atoms. The van der Waals surface area contributed by atoms with E-state index in [0.29, 0.717) is 42.3 Å². The molecule has 8 nitrogen and oxygen atoms in total. The van der Waals surface area contributed by atoms with Crippen molar-refractivity contribution in [3.8, 4) is 5.88 Å². The first-order valence-corrected chi connectivity index (χ1v) is 11.4. The molecule has 3 rings (SSSR count). The van der Waals surface area contributed by atoms with Crippen molar-refractivity contribution in [1.82, 2.24) is 9.88 Å². The molecule has 1 fully saturated rings. The van der Waals surface area contributed by atoms with E-state index in [1.165, 1.54) is 31.0 Å². The molecule has 1 aromatic heterocycles. The number of nitrogens with zero attached hydrogens (tertiary/aromatic N) is 3. The summed E-state index contributed by atoms with van der Waals surface area (Å²) in [7, 11) is 2.83. The summed E-state index contributed by atoms with van der Waals surface area (Å²) in [6.07, 6.45) is 0.553. The number of esters is 1. The van der Waals surface area contributed by atoms with Crippen LogP contribution in [-0.2, 0) is 11.2 Å². The number of piperazine rings is 1. The molecule has 1 amide bonds. The Labute approximate surface area is 193 Å². The number of ether oxygens (including phenoxy) is 2. The molecule has 1 aromatic carbocycles. The van der Waals surface area contributed by atoms with Gasteiger partial charge in [-0.25, -0.2) is 9.78 Å². The van der Waals surface area contributed by atoms with E-state index in [4.69, 9.17) is 9.47 Å². The number of anilines is 2. The van der Waals surface area contributed by atoms with Gasteiger partial charge in [0.1, 0.15) is 5.69 Å². The summed E-state index contributed by atoms with van der Waals surface area (Å²) in [4.78, 5) is 33.4. The smallest absolute Gasteiger partial charge is 0.339 e. The van der Waals surface area contributed by atoms with Gasteiger partial charge < -0.3 is 24.0 Å². The van der Waals surface area contributed by atoms with Crippen molar-refractivity contribution in [2.75, 3.05) is 50.0 Å². The Kier molecular flexibility index (Phi) is 7.84. The third kappa shape index (κ3) is 5.45. The quantitative estimate of drug-likeness (QED) is 0.513. The number of amides is 1. The van der Waals surface area contributed by atoms with Gasteiger partial charge in [0.25, 0.3) is 0 Å². The molecule has 1 N–H and O–H groups in total. The number of aromatic nitrogens is 1. The Morgan fingerprint density at radius 3 is 2.28 bits per heavy atom. The molecule has 0 unspecified atom stereocenters. The molecule has 9 heteroatoms. The van der Waals surface area contributed by atoms with Crippen LogP contribution < -0.4 is 14.4 Å². The number of carbonyl (C=O) groups is 2. The highest BCUT2D eigenvalue weighted by Crippen LogP contribution is 2.29. The fourth-order valence-corrected chi connectivity index (χ4v) is 4.42. The van der Waals surface area contributed by atoms with Crippen LogP contribution in [0.25, 0.3) is 0 Å². The fourth-order valence-electron chi connectivity index (χ4n) is 3.76. The van der Waals surface area contributed by atoms with Crippen LogP contribution in [0.4, 0.5) is 16.2 Å². The highest BCUT2D eigenvalue weighted by Gasteiger charge is 2.23. The molecule has 2 aromatic rings. The van der Waals surface area contributed by atoms with Gasteiger partial charge in [-0.15, -0.1) is 0 Å². The molecule has 172 valence electrons. The largest absolute Gasteiger partial charge is 0.479 e. The fraction of sp³-hybridized carbons (Fsp3) is 0.435. The molecule has 0 saturated carbocycles. The molecule has 1 aliphatic heterocycles. The van der Waals surface area contributed by atoms with Crippen LogP contribution in [0.3, 0.4) is 0 Å². The van der Waals surface area contributed by atoms with Gasteiger partial charge in [0, 0.05) is 43.8 Å². The molecule has 2 heterocycles. The number of nitrogens with one attached hydrogen (secondary N) is 1. The van der Waals surface area contributed by atoms with Crippen molar-refractivity contribution in [3.63, 3.8) is 0 Å². The average molecular weight is 459 g/mol. The molecule has 0 bridgehead atoms. The summed E-state index contributed by atoms with van der Waals surface area (Å²) in [5.41, 5.74) is 5.06. The lowest BCUT2D eigenvalue weighted by molar-refractivity contribution is 0.0599. The number of benzene rings is 1. The summed E-state index contributed by atoms with van der Waals surface area (Å²) in [6, 6.07) is 8.14. The second-order valence-electron chi connectivity index (χ2n) is 7.67. The number of pyridine rings is 1. The number of methoxy groups -OCH3 is 2. The molecule has 1 saturated heterocycles. The summed E-state index contributed by atoms with van der Waals surface area (Å²) in [5.74, 6) is -0.145. The van der Waals surface area contributed by atoms with Crippen molar-refractivity contribution in [2.45, 2.75) is 27.2 Å². The van der Waals surface area contributed by atoms with Gasteiger partial charge in [0.2, 0.25) is 5.88 Å². The van der Waals surface area contributed by atoms with E-state index < -0.39 is 5.97 Å². The summed E-state index contributed by atoms with van der Waals surface area (Å²) >= 11 is 0.955. The van der Waals surface area contributed by atoms with E-state index in [1.807, 2.05) is 11.8 Å². The van der Waals surface area contributed by atoms with E-state index in [-0.39, 0.29) is 5.24 Å². The minimum absolute atomic E-state index is 0.0914. The molecule has 0 spiro atoms. The minimum Gasteiger partial charge on any atom is -0.479 e. The van der Waals surface area contributed by atoms with Gasteiger partial charge in [-0.2, -0.15) is 0 Å². The Bertz CT molecular complexity index is 970. The summed E-state index contributed by atoms with van der Waals surface area (Å²) < 4.78 is 13.2. The van der Waals surface area contributed by atoms with E-state index in [9.17, 15) is 9.59 Å². The Balaban J connectivity index is 1.63. The number of aryl methyl sites for hydroxylation is 3. The molecule has 1 aliphatic rings. The van der Waals surface area contributed by atoms with Crippen LogP contribution >= 0.6 is 11.9 Å². The number of carbonyl (C=O) groups excluding carboxylic acids is 2. The summed E-state index contributed by atoms with van der Waals surface area (Å²) in [6.45, 7) is 8.92. The topological polar surface area (TPSA) is 84.0 Å². The van der Waals surface area contributed by atoms with Crippen molar-refractivity contribution >= 4 is 34.5 Å². The molecular formula is C23H30N4O4S. The summed E-state index contributed by atoms with van der Waals surface area (Å²) in [5, 5.41) is -0.0914. The molecule has 0 radical (unpaired) electrons. The van der Waals surface area contributed by atoms with Gasteiger partial charge >= 0.3 is 11.2 Å². The van der Waals surface area contributed by atoms with Crippen LogP contribution in [0.2, 0.25) is 0 Å². The Hall–Kier alpha value is -2.94. The zero-order valence-corrected chi connectivity index (χ0v) is 20.0. The maximum Gasteiger partial charge on any atom is 0.339 e. The Morgan fingerprint density at radius 2 is 1.72 bits per heavy atom. The van der Waals surface area contributed by atoms with Gasteiger partial charge in [0.15, 0.2) is 0 Å². The average Bonchev–Trinajstić information content (AvgIpc) is 2.80. The Morgan fingerprint density at radius 1 is 1.06 bits per heavy atom. The molecular weight excluding hydrogens is 428 g/mol. The monoisotopic (exact) mass is 458 g/mol. The highest BCUT2D eigenvalue weighted by molar-refractivity contribution is 8.14. The predicted octanol–water partition coefficient (Wildman–Crippen LogP) is 4.06. The lowest BCUT2D eigenvalue weighted by Gasteiger charge is -2.36. The van der Waals surface area contributed by atoms with Gasteiger partial charge in [0.05, 0.1) is 25.5 Å². The van der Waals surface area contributed by atoms with E-state index in [1.54, 1.807) is 6.07 Å². The maximum atomic E-state index is 12.8. The highest BCUT2D eigenvalue weighted by atomic mass is 32.2. The maximum absolute atomic E-state index is 12.8. The first kappa shape index (κ1) is 23.7. The van der Waals surface area contributed by atoms with Crippen LogP contribution in [0.15, 0.2) is 24.3 Å². The predicted molar refractivity (Wildman–Crippen MR) is 128 cm³/mol. The SMILES string of the molecule is CCc1nc(OC)c(NSC(=O)N2CCN(c3cc(C)cc(C)c3)CC2)cc1C(=O)OC. The van der Waals surface area contributed by atoms with Crippen molar-refractivity contribution in [1.29, 1.82) is 0 Å². The lowest BCUT2D eigenvalue weighted by Crippen LogP contribution is -2.47. The lowest BCUT2D eigenvalue weighted by atomic mass is 10.1.